The topological polar surface area (TPSA) is 42.0 Å². The van der Waals surface area contributed by atoms with Crippen molar-refractivity contribution >= 4 is 38.3 Å². The minimum atomic E-state index is 0.0738. The van der Waals surface area contributed by atoms with Crippen LogP contribution in [0.2, 0.25) is 0 Å². The van der Waals surface area contributed by atoms with Crippen LogP contribution in [0.15, 0.2) is 34.1 Å². The number of benzene rings is 1. The van der Waals surface area contributed by atoms with E-state index in [9.17, 15) is 4.79 Å². The quantitative estimate of drug-likeness (QED) is 0.351. The Morgan fingerprint density at radius 1 is 1.00 bits per heavy atom. The van der Waals surface area contributed by atoms with Crippen LogP contribution in [0.1, 0.15) is 71.1 Å². The molecule has 0 aliphatic rings. The highest BCUT2D eigenvalue weighted by Gasteiger charge is 2.08. The van der Waals surface area contributed by atoms with Crippen molar-refractivity contribution in [2.24, 2.45) is 0 Å². The molecule has 0 aliphatic heterocycles. The number of carbonyl (C=O) groups is 1. The van der Waals surface area contributed by atoms with Crippen LogP contribution in [0.3, 0.4) is 0 Å². The predicted octanol–water partition coefficient (Wildman–Crippen LogP) is 7.43. The maximum atomic E-state index is 12.1. The van der Waals surface area contributed by atoms with Gasteiger partial charge in [0.1, 0.15) is 0 Å². The van der Waals surface area contributed by atoms with Gasteiger partial charge in [0.2, 0.25) is 5.91 Å². The number of carbonyl (C=O) groups excluding carboxylic acids is 1. The Morgan fingerprint density at radius 3 is 2.27 bits per heavy atom. The highest BCUT2D eigenvalue weighted by molar-refractivity contribution is 9.10. The fraction of sp³-hybridized carbons (Fsp3) is 0.524. The van der Waals surface area contributed by atoms with E-state index in [1.807, 2.05) is 29.6 Å². The average Bonchev–Trinajstić information content (AvgIpc) is 3.09. The first-order valence-corrected chi connectivity index (χ1v) is 11.4. The second kappa shape index (κ2) is 12.2. The van der Waals surface area contributed by atoms with Crippen LogP contribution in [0.5, 0.6) is 0 Å². The molecule has 1 aromatic carbocycles. The molecule has 0 saturated carbocycles. The SMILES string of the molecule is CCCCCCCCCCCC(=O)Nc1nc(-c2ccc(Br)cc2)cs1. The zero-order chi connectivity index (χ0) is 18.6. The zero-order valence-electron chi connectivity index (χ0n) is 15.6. The summed E-state index contributed by atoms with van der Waals surface area (Å²) in [5, 5.41) is 5.60. The number of amides is 1. The molecule has 2 rings (SSSR count). The van der Waals surface area contributed by atoms with Crippen LogP contribution in [0.25, 0.3) is 11.3 Å². The van der Waals surface area contributed by atoms with Crippen molar-refractivity contribution in [3.8, 4) is 11.3 Å². The van der Waals surface area contributed by atoms with Crippen molar-refractivity contribution in [2.45, 2.75) is 71.1 Å². The van der Waals surface area contributed by atoms with Gasteiger partial charge in [0.25, 0.3) is 0 Å². The van der Waals surface area contributed by atoms with Gasteiger partial charge >= 0.3 is 0 Å². The first-order chi connectivity index (χ1) is 12.7. The van der Waals surface area contributed by atoms with E-state index in [2.05, 4.69) is 33.2 Å². The van der Waals surface area contributed by atoms with E-state index in [-0.39, 0.29) is 5.91 Å². The van der Waals surface area contributed by atoms with Crippen LogP contribution in [-0.2, 0) is 4.79 Å². The Hall–Kier alpha value is -1.20. The summed E-state index contributed by atoms with van der Waals surface area (Å²) in [5.41, 5.74) is 1.96. The molecule has 2 aromatic rings. The van der Waals surface area contributed by atoms with Crippen molar-refractivity contribution < 1.29 is 4.79 Å². The van der Waals surface area contributed by atoms with E-state index in [4.69, 9.17) is 0 Å². The molecule has 1 amide bonds. The third-order valence-electron chi connectivity index (χ3n) is 4.40. The van der Waals surface area contributed by atoms with Crippen LogP contribution < -0.4 is 5.32 Å². The smallest absolute Gasteiger partial charge is 0.226 e. The number of unbranched alkanes of at least 4 members (excludes halogenated alkanes) is 8. The first-order valence-electron chi connectivity index (χ1n) is 9.70. The lowest BCUT2D eigenvalue weighted by Crippen LogP contribution is -2.10. The number of hydrogen-bond acceptors (Lipinski definition) is 3. The molecule has 3 nitrogen and oxygen atoms in total. The van der Waals surface area contributed by atoms with E-state index in [1.54, 1.807) is 0 Å². The highest BCUT2D eigenvalue weighted by Crippen LogP contribution is 2.26. The maximum absolute atomic E-state index is 12.1. The van der Waals surface area contributed by atoms with Crippen molar-refractivity contribution in [3.05, 3.63) is 34.1 Å². The number of hydrogen-bond donors (Lipinski definition) is 1. The zero-order valence-corrected chi connectivity index (χ0v) is 18.0. The monoisotopic (exact) mass is 436 g/mol. The van der Waals surface area contributed by atoms with E-state index in [0.717, 1.165) is 28.6 Å². The molecule has 0 aliphatic carbocycles. The Bertz CT molecular complexity index is 654. The lowest BCUT2D eigenvalue weighted by molar-refractivity contribution is -0.116. The molecular formula is C21H29BrN2OS. The van der Waals surface area contributed by atoms with Crippen LogP contribution >= 0.6 is 27.3 Å². The van der Waals surface area contributed by atoms with Gasteiger partial charge in [-0.05, 0) is 18.6 Å². The molecular weight excluding hydrogens is 408 g/mol. The van der Waals surface area contributed by atoms with Gasteiger partial charge in [0.15, 0.2) is 5.13 Å². The number of nitrogens with zero attached hydrogens (tertiary/aromatic N) is 1. The van der Waals surface area contributed by atoms with E-state index in [1.165, 1.54) is 56.3 Å². The third-order valence-corrected chi connectivity index (χ3v) is 5.68. The maximum Gasteiger partial charge on any atom is 0.226 e. The lowest BCUT2D eigenvalue weighted by atomic mass is 10.1. The van der Waals surface area contributed by atoms with E-state index >= 15 is 0 Å². The van der Waals surface area contributed by atoms with Gasteiger partial charge in [0.05, 0.1) is 5.69 Å². The summed E-state index contributed by atoms with van der Waals surface area (Å²) in [6.45, 7) is 2.25. The second-order valence-electron chi connectivity index (χ2n) is 6.67. The molecule has 142 valence electrons. The number of rotatable bonds is 12. The average molecular weight is 437 g/mol. The summed E-state index contributed by atoms with van der Waals surface area (Å²) in [5.74, 6) is 0.0738. The Balaban J connectivity index is 1.60. The van der Waals surface area contributed by atoms with Gasteiger partial charge in [-0.25, -0.2) is 4.98 Å². The molecule has 0 radical (unpaired) electrons. The van der Waals surface area contributed by atoms with Gasteiger partial charge < -0.3 is 5.32 Å². The predicted molar refractivity (Wildman–Crippen MR) is 116 cm³/mol. The summed E-state index contributed by atoms with van der Waals surface area (Å²) >= 11 is 4.91. The molecule has 0 unspecified atom stereocenters. The number of halogens is 1. The summed E-state index contributed by atoms with van der Waals surface area (Å²) in [6.07, 6.45) is 12.0. The minimum Gasteiger partial charge on any atom is -0.302 e. The number of aromatic nitrogens is 1. The van der Waals surface area contributed by atoms with Crippen LogP contribution in [0.4, 0.5) is 5.13 Å². The van der Waals surface area contributed by atoms with Crippen molar-refractivity contribution in [2.75, 3.05) is 5.32 Å². The standard InChI is InChI=1S/C21H29BrN2OS/c1-2-3-4-5-6-7-8-9-10-11-20(25)24-21-23-19(16-26-21)17-12-14-18(22)15-13-17/h12-16H,2-11H2,1H3,(H,23,24,25). The molecule has 26 heavy (non-hydrogen) atoms. The number of anilines is 1. The molecule has 1 N–H and O–H groups in total. The van der Waals surface area contributed by atoms with Gasteiger partial charge in [0, 0.05) is 21.8 Å². The fourth-order valence-corrected chi connectivity index (χ4v) is 3.86. The Labute approximate surface area is 169 Å². The first kappa shape index (κ1) is 21.1. The molecule has 0 bridgehead atoms. The van der Waals surface area contributed by atoms with Crippen LogP contribution in [-0.4, -0.2) is 10.9 Å². The molecule has 0 atom stereocenters. The second-order valence-corrected chi connectivity index (χ2v) is 8.45. The molecule has 1 aromatic heterocycles. The summed E-state index contributed by atoms with van der Waals surface area (Å²) in [4.78, 5) is 16.6. The summed E-state index contributed by atoms with van der Waals surface area (Å²) in [7, 11) is 0. The summed E-state index contributed by atoms with van der Waals surface area (Å²) in [6, 6.07) is 8.04. The van der Waals surface area contributed by atoms with Crippen LogP contribution in [0, 0.1) is 0 Å². The molecule has 0 fully saturated rings. The molecule has 5 heteroatoms. The summed E-state index contributed by atoms with van der Waals surface area (Å²) < 4.78 is 1.05. The Kier molecular flexibility index (Phi) is 9.93. The molecule has 1 heterocycles. The van der Waals surface area contributed by atoms with Crippen molar-refractivity contribution in [1.29, 1.82) is 0 Å². The van der Waals surface area contributed by atoms with Crippen molar-refractivity contribution in [3.63, 3.8) is 0 Å². The molecule has 0 spiro atoms. The van der Waals surface area contributed by atoms with Gasteiger partial charge in [-0.15, -0.1) is 11.3 Å². The highest BCUT2D eigenvalue weighted by atomic mass is 79.9. The number of thiazole rings is 1. The lowest BCUT2D eigenvalue weighted by Gasteiger charge is -2.03. The normalized spacial score (nSPS) is 10.8. The largest absolute Gasteiger partial charge is 0.302 e. The van der Waals surface area contributed by atoms with Gasteiger partial charge in [-0.1, -0.05) is 86.4 Å². The third kappa shape index (κ3) is 8.00. The van der Waals surface area contributed by atoms with E-state index < -0.39 is 0 Å². The number of nitrogens with one attached hydrogen (secondary N) is 1. The molecule has 0 saturated heterocycles. The van der Waals surface area contributed by atoms with E-state index in [0.29, 0.717) is 11.6 Å². The minimum absolute atomic E-state index is 0.0738. The Morgan fingerprint density at radius 2 is 1.62 bits per heavy atom. The van der Waals surface area contributed by atoms with Crippen molar-refractivity contribution in [1.82, 2.24) is 4.98 Å². The van der Waals surface area contributed by atoms with Gasteiger partial charge in [-0.2, -0.15) is 0 Å². The van der Waals surface area contributed by atoms with Gasteiger partial charge in [-0.3, -0.25) is 4.79 Å². The fourth-order valence-electron chi connectivity index (χ4n) is 2.86.